The quantitative estimate of drug-likeness (QED) is 0.225. The van der Waals surface area contributed by atoms with Crippen LogP contribution in [0.4, 0.5) is 10.1 Å². The minimum atomic E-state index is -4.43. The van der Waals surface area contributed by atoms with Gasteiger partial charge in [0.2, 0.25) is 11.8 Å². The van der Waals surface area contributed by atoms with Crippen LogP contribution in [-0.4, -0.2) is 58.5 Å². The topological polar surface area (TPSA) is 105 Å². The van der Waals surface area contributed by atoms with E-state index in [1.807, 2.05) is 6.92 Å². The molecule has 0 aliphatic carbocycles. The predicted molar refractivity (Wildman–Crippen MR) is 165 cm³/mol. The van der Waals surface area contributed by atoms with Crippen molar-refractivity contribution in [2.75, 3.05) is 31.6 Å². The normalized spacial score (nSPS) is 11.9. The highest BCUT2D eigenvalue weighted by molar-refractivity contribution is 7.92. The lowest BCUT2D eigenvalue weighted by Crippen LogP contribution is -2.51. The van der Waals surface area contributed by atoms with Gasteiger partial charge in [-0.25, -0.2) is 12.8 Å². The second-order valence-corrected chi connectivity index (χ2v) is 12.2. The summed E-state index contributed by atoms with van der Waals surface area (Å²) in [6.45, 7) is 3.02. The number of methoxy groups -OCH3 is 2. The Hall–Kier alpha value is -3.54. The molecular formula is C30H34Cl2FN3O6S. The molecule has 1 N–H and O–H groups in total. The number of nitrogens with zero attached hydrogens (tertiary/aromatic N) is 2. The van der Waals surface area contributed by atoms with E-state index in [-0.39, 0.29) is 32.9 Å². The first-order chi connectivity index (χ1) is 20.4. The first-order valence-corrected chi connectivity index (χ1v) is 15.6. The molecule has 0 bridgehead atoms. The van der Waals surface area contributed by atoms with Gasteiger partial charge in [-0.2, -0.15) is 0 Å². The molecule has 0 fully saturated rings. The largest absolute Gasteiger partial charge is 0.493 e. The lowest BCUT2D eigenvalue weighted by molar-refractivity contribution is -0.139. The third kappa shape index (κ3) is 8.31. The summed E-state index contributed by atoms with van der Waals surface area (Å²) in [5.74, 6) is -1.28. The van der Waals surface area contributed by atoms with Gasteiger partial charge in [0, 0.05) is 34.8 Å². The van der Waals surface area contributed by atoms with Crippen molar-refractivity contribution in [1.82, 2.24) is 10.2 Å². The fourth-order valence-corrected chi connectivity index (χ4v) is 6.16. The summed E-state index contributed by atoms with van der Waals surface area (Å²) in [5, 5.41) is 3.36. The van der Waals surface area contributed by atoms with Gasteiger partial charge in [0.25, 0.3) is 10.0 Å². The standard InChI is InChI=1S/C30H34Cl2FN3O6S/c1-5-6-16-34-30(38)20(2)35(18-24-25(31)8-7-9-26(24)32)29(37)19-36(22-12-10-21(33)11-13-22)43(39,40)23-14-15-27(41-3)28(17-23)42-4/h7-15,17,20H,5-6,16,18-19H2,1-4H3,(H,34,38)/t20-/m0/s1. The van der Waals surface area contributed by atoms with Crippen LogP contribution in [0, 0.1) is 5.82 Å². The minimum Gasteiger partial charge on any atom is -0.493 e. The molecule has 1 atom stereocenters. The zero-order chi connectivity index (χ0) is 31.7. The fourth-order valence-electron chi connectivity index (χ4n) is 4.21. The van der Waals surface area contributed by atoms with Crippen LogP contribution in [0.3, 0.4) is 0 Å². The van der Waals surface area contributed by atoms with Crippen molar-refractivity contribution >= 4 is 50.7 Å². The Bertz CT molecular complexity index is 1520. The second kappa shape index (κ2) is 15.3. The summed E-state index contributed by atoms with van der Waals surface area (Å²) >= 11 is 12.8. The van der Waals surface area contributed by atoms with Gasteiger partial charge in [-0.1, -0.05) is 42.6 Å². The summed E-state index contributed by atoms with van der Waals surface area (Å²) in [7, 11) is -1.66. The average molecular weight is 655 g/mol. The highest BCUT2D eigenvalue weighted by atomic mass is 35.5. The Balaban J connectivity index is 2.08. The molecular weight excluding hydrogens is 620 g/mol. The number of benzene rings is 3. The smallest absolute Gasteiger partial charge is 0.264 e. The highest BCUT2D eigenvalue weighted by Gasteiger charge is 2.33. The molecule has 0 saturated heterocycles. The van der Waals surface area contributed by atoms with E-state index in [0.29, 0.717) is 17.9 Å². The molecule has 43 heavy (non-hydrogen) atoms. The van der Waals surface area contributed by atoms with E-state index in [0.717, 1.165) is 29.3 Å². The zero-order valence-electron chi connectivity index (χ0n) is 24.3. The molecule has 0 radical (unpaired) electrons. The number of rotatable bonds is 14. The van der Waals surface area contributed by atoms with Crippen molar-refractivity contribution in [3.8, 4) is 11.5 Å². The Morgan fingerprint density at radius 2 is 1.60 bits per heavy atom. The van der Waals surface area contributed by atoms with Gasteiger partial charge in [-0.15, -0.1) is 0 Å². The summed E-state index contributed by atoms with van der Waals surface area (Å²) in [4.78, 5) is 28.1. The molecule has 0 saturated carbocycles. The van der Waals surface area contributed by atoms with Gasteiger partial charge in [-0.05, 0) is 61.9 Å². The highest BCUT2D eigenvalue weighted by Crippen LogP contribution is 2.33. The monoisotopic (exact) mass is 653 g/mol. The number of nitrogens with one attached hydrogen (secondary N) is 1. The van der Waals surface area contributed by atoms with E-state index in [4.69, 9.17) is 32.7 Å². The number of amides is 2. The molecule has 13 heteroatoms. The zero-order valence-corrected chi connectivity index (χ0v) is 26.6. The van der Waals surface area contributed by atoms with Crippen molar-refractivity contribution in [2.24, 2.45) is 0 Å². The first kappa shape index (κ1) is 34.0. The Labute approximate surface area is 261 Å². The van der Waals surface area contributed by atoms with Crippen LogP contribution in [0.1, 0.15) is 32.3 Å². The third-order valence-corrected chi connectivity index (χ3v) is 9.20. The van der Waals surface area contributed by atoms with Gasteiger partial charge in [0.1, 0.15) is 18.4 Å². The Kier molecular flexibility index (Phi) is 12.1. The van der Waals surface area contributed by atoms with Gasteiger partial charge in [0.15, 0.2) is 11.5 Å². The predicted octanol–water partition coefficient (Wildman–Crippen LogP) is 5.68. The number of carbonyl (C=O) groups is 2. The average Bonchev–Trinajstić information content (AvgIpc) is 2.99. The molecule has 0 heterocycles. The number of hydrogen-bond acceptors (Lipinski definition) is 6. The molecule has 0 unspecified atom stereocenters. The number of sulfonamides is 1. The Morgan fingerprint density at radius 1 is 0.977 bits per heavy atom. The molecule has 0 aromatic heterocycles. The van der Waals surface area contributed by atoms with Crippen LogP contribution in [-0.2, 0) is 26.2 Å². The third-order valence-electron chi connectivity index (χ3n) is 6.72. The van der Waals surface area contributed by atoms with E-state index < -0.39 is 40.2 Å². The number of anilines is 1. The fraction of sp³-hybridized carbons (Fsp3) is 0.333. The lowest BCUT2D eigenvalue weighted by atomic mass is 10.1. The van der Waals surface area contributed by atoms with Gasteiger partial charge >= 0.3 is 0 Å². The molecule has 232 valence electrons. The summed E-state index contributed by atoms with van der Waals surface area (Å²) in [5.41, 5.74) is 0.420. The summed E-state index contributed by atoms with van der Waals surface area (Å²) in [6.07, 6.45) is 1.60. The second-order valence-electron chi connectivity index (χ2n) is 9.55. The van der Waals surface area contributed by atoms with Crippen LogP contribution in [0.5, 0.6) is 11.5 Å². The van der Waals surface area contributed by atoms with Crippen LogP contribution in [0.15, 0.2) is 65.6 Å². The minimum absolute atomic E-state index is 0.0281. The van der Waals surface area contributed by atoms with Crippen LogP contribution in [0.2, 0.25) is 10.0 Å². The van der Waals surface area contributed by atoms with Crippen LogP contribution < -0.4 is 19.1 Å². The van der Waals surface area contributed by atoms with Crippen molar-refractivity contribution in [2.45, 2.75) is 44.2 Å². The molecule has 2 amide bonds. The van der Waals surface area contributed by atoms with E-state index in [1.54, 1.807) is 18.2 Å². The lowest BCUT2D eigenvalue weighted by Gasteiger charge is -2.32. The molecule has 3 aromatic rings. The summed E-state index contributed by atoms with van der Waals surface area (Å²) < 4.78 is 53.2. The van der Waals surface area contributed by atoms with Crippen molar-refractivity contribution in [3.05, 3.63) is 82.1 Å². The van der Waals surface area contributed by atoms with Crippen molar-refractivity contribution in [3.63, 3.8) is 0 Å². The van der Waals surface area contributed by atoms with E-state index >= 15 is 0 Å². The maximum absolute atomic E-state index is 14.0. The van der Waals surface area contributed by atoms with E-state index in [2.05, 4.69) is 5.32 Å². The number of ether oxygens (including phenoxy) is 2. The Morgan fingerprint density at radius 3 is 2.19 bits per heavy atom. The van der Waals surface area contributed by atoms with E-state index in [9.17, 15) is 22.4 Å². The van der Waals surface area contributed by atoms with Crippen molar-refractivity contribution < 1.29 is 31.9 Å². The maximum Gasteiger partial charge on any atom is 0.264 e. The number of carbonyl (C=O) groups excluding carboxylic acids is 2. The van der Waals surface area contributed by atoms with Gasteiger partial charge in [-0.3, -0.25) is 13.9 Å². The number of halogens is 3. The molecule has 0 aliphatic rings. The number of unbranched alkanes of at least 4 members (excludes halogenated alkanes) is 1. The van der Waals surface area contributed by atoms with E-state index in [1.165, 1.54) is 56.4 Å². The molecule has 3 aromatic carbocycles. The van der Waals surface area contributed by atoms with Crippen LogP contribution >= 0.6 is 23.2 Å². The van der Waals surface area contributed by atoms with Gasteiger partial charge < -0.3 is 19.7 Å². The number of hydrogen-bond donors (Lipinski definition) is 1. The van der Waals surface area contributed by atoms with Crippen molar-refractivity contribution in [1.29, 1.82) is 0 Å². The maximum atomic E-state index is 14.0. The summed E-state index contributed by atoms with van der Waals surface area (Å²) in [6, 6.07) is 12.5. The molecule has 0 spiro atoms. The van der Waals surface area contributed by atoms with Crippen LogP contribution in [0.25, 0.3) is 0 Å². The molecule has 9 nitrogen and oxygen atoms in total. The van der Waals surface area contributed by atoms with Gasteiger partial charge in [0.05, 0.1) is 24.8 Å². The first-order valence-electron chi connectivity index (χ1n) is 13.4. The molecule has 3 rings (SSSR count). The molecule has 0 aliphatic heterocycles. The SMILES string of the molecule is CCCCNC(=O)[C@H](C)N(Cc1c(Cl)cccc1Cl)C(=O)CN(c1ccc(F)cc1)S(=O)(=O)c1ccc(OC)c(OC)c1.